The van der Waals surface area contributed by atoms with E-state index in [1.165, 1.54) is 16.7 Å². The van der Waals surface area contributed by atoms with Crippen LogP contribution in [0.3, 0.4) is 0 Å². The van der Waals surface area contributed by atoms with Gasteiger partial charge in [0, 0.05) is 43.8 Å². The number of nitrogens with one attached hydrogen (secondary N) is 1. The molecule has 198 valence electrons. The number of aromatic nitrogens is 2. The zero-order valence-corrected chi connectivity index (χ0v) is 21.4. The summed E-state index contributed by atoms with van der Waals surface area (Å²) in [6.45, 7) is 5.25. The summed E-state index contributed by atoms with van der Waals surface area (Å²) in [5.41, 5.74) is 6.18. The van der Waals surface area contributed by atoms with Crippen molar-refractivity contribution in [3.05, 3.63) is 63.5 Å². The van der Waals surface area contributed by atoms with Gasteiger partial charge in [0.2, 0.25) is 11.8 Å². The molecule has 3 aromatic rings. The Morgan fingerprint density at radius 1 is 1.21 bits per heavy atom. The van der Waals surface area contributed by atoms with Crippen LogP contribution in [-0.2, 0) is 32.9 Å². The summed E-state index contributed by atoms with van der Waals surface area (Å²) < 4.78 is 27.3. The quantitative estimate of drug-likeness (QED) is 0.274. The molecule has 3 heterocycles. The lowest BCUT2D eigenvalue weighted by Crippen LogP contribution is -2.58. The molecule has 0 radical (unpaired) electrons. The molecule has 12 heteroatoms. The predicted molar refractivity (Wildman–Crippen MR) is 141 cm³/mol. The second-order valence-corrected chi connectivity index (χ2v) is 9.96. The van der Waals surface area contributed by atoms with Crippen molar-refractivity contribution in [3.63, 3.8) is 0 Å². The number of nitrogens with two attached hydrogens (primary N) is 1. The van der Waals surface area contributed by atoms with Crippen LogP contribution >= 0.6 is 0 Å². The Morgan fingerprint density at radius 2 is 1.97 bits per heavy atom. The number of hydrogen-bond donors (Lipinski definition) is 2. The highest BCUT2D eigenvalue weighted by atomic mass is 19.1. The van der Waals surface area contributed by atoms with Gasteiger partial charge in [-0.15, -0.1) is 0 Å². The van der Waals surface area contributed by atoms with Crippen molar-refractivity contribution in [2.45, 2.75) is 38.4 Å². The number of amides is 2. The second kappa shape index (κ2) is 10.2. The number of carbonyl (C=O) groups excluding carboxylic acids is 2. The van der Waals surface area contributed by atoms with Crippen LogP contribution in [0.25, 0.3) is 10.9 Å². The number of ether oxygens (including phenoxy) is 2. The largest absolute Gasteiger partial charge is 0.489 e. The van der Waals surface area contributed by atoms with E-state index in [0.29, 0.717) is 42.4 Å². The highest BCUT2D eigenvalue weighted by Crippen LogP contribution is 2.28. The smallest absolute Gasteiger partial charge is 0.263 e. The Labute approximate surface area is 219 Å². The van der Waals surface area contributed by atoms with Crippen LogP contribution in [0.2, 0.25) is 0 Å². The number of nitrogen functional groups attached to an aromatic ring is 1. The number of imide groups is 1. The van der Waals surface area contributed by atoms with Gasteiger partial charge in [-0.25, -0.2) is 9.37 Å². The predicted octanol–water partition coefficient (Wildman–Crippen LogP) is 0.560. The van der Waals surface area contributed by atoms with E-state index < -0.39 is 16.9 Å². The van der Waals surface area contributed by atoms with Crippen molar-refractivity contribution in [2.24, 2.45) is 0 Å². The van der Waals surface area contributed by atoms with Gasteiger partial charge in [0.25, 0.3) is 5.56 Å². The average molecular weight is 521 g/mol. The van der Waals surface area contributed by atoms with Crippen molar-refractivity contribution < 1.29 is 23.5 Å². The third kappa shape index (κ3) is 4.89. The number of morpholine rings is 1. The third-order valence-electron chi connectivity index (χ3n) is 7.24. The monoisotopic (exact) mass is 521 g/mol. The summed E-state index contributed by atoms with van der Waals surface area (Å²) in [6.07, 6.45) is 0.280. The van der Waals surface area contributed by atoms with Crippen LogP contribution < -0.4 is 21.3 Å². The van der Waals surface area contributed by atoms with Crippen molar-refractivity contribution >= 4 is 36.3 Å². The van der Waals surface area contributed by atoms with Gasteiger partial charge in [0.15, 0.2) is 0 Å². The highest BCUT2D eigenvalue weighted by Gasteiger charge is 2.42. The molecule has 38 heavy (non-hydrogen) atoms. The molecule has 0 bridgehead atoms. The van der Waals surface area contributed by atoms with E-state index in [2.05, 4.69) is 15.2 Å². The number of piperidine rings is 1. The van der Waals surface area contributed by atoms with Crippen molar-refractivity contribution in [3.8, 4) is 5.75 Å². The van der Waals surface area contributed by atoms with Crippen LogP contribution in [-0.4, -0.2) is 60.4 Å². The molecule has 10 nitrogen and oxygen atoms in total. The maximum absolute atomic E-state index is 14.8. The van der Waals surface area contributed by atoms with Gasteiger partial charge in [-0.2, -0.15) is 0 Å². The minimum absolute atomic E-state index is 0.0308. The maximum atomic E-state index is 14.8. The lowest BCUT2D eigenvalue weighted by molar-refractivity contribution is -0.137. The molecule has 2 aromatic carbocycles. The van der Waals surface area contributed by atoms with Gasteiger partial charge in [-0.1, -0.05) is 12.1 Å². The van der Waals surface area contributed by atoms with Crippen LogP contribution in [0.1, 0.15) is 29.8 Å². The summed E-state index contributed by atoms with van der Waals surface area (Å²) in [5, 5.41) is 2.45. The summed E-state index contributed by atoms with van der Waals surface area (Å²) in [7, 11) is 1.60. The standard InChI is InChI=1S/C26H29BFN5O5/c1-15-30-21-12-18(38-14-17-3-2-16(10-19(17)28)13-32-6-8-37-9-7-32)11-20(29)23(21)24(35)33(15)26(27)5-4-22(34)31-25(26)36/h2-3,10-12H,4-9,13-14,27,29H2,1H3,(H,31,34,36). The number of rotatable bonds is 6. The van der Waals surface area contributed by atoms with Gasteiger partial charge in [0.05, 0.1) is 35.2 Å². The molecule has 3 N–H and O–H groups in total. The molecule has 1 atom stereocenters. The molecule has 2 fully saturated rings. The Bertz CT molecular complexity index is 1490. The van der Waals surface area contributed by atoms with Crippen LogP contribution in [0.5, 0.6) is 5.75 Å². The first kappa shape index (κ1) is 25.9. The fraction of sp³-hybridized carbons (Fsp3) is 0.385. The number of aryl methyl sites for hydroxylation is 1. The van der Waals surface area contributed by atoms with Gasteiger partial charge in [-0.05, 0) is 25.0 Å². The molecule has 2 saturated heterocycles. The van der Waals surface area contributed by atoms with Crippen LogP contribution in [0.4, 0.5) is 10.1 Å². The molecule has 2 aliphatic rings. The summed E-state index contributed by atoms with van der Waals surface area (Å²) in [5.74, 6) is -0.664. The fourth-order valence-corrected chi connectivity index (χ4v) is 5.08. The number of carbonyl (C=O) groups is 2. The van der Waals surface area contributed by atoms with Crippen molar-refractivity contribution in [1.29, 1.82) is 0 Å². The molecular weight excluding hydrogens is 492 g/mol. The molecule has 0 spiro atoms. The normalized spacial score (nSPS) is 20.5. The molecule has 1 unspecified atom stereocenters. The summed E-state index contributed by atoms with van der Waals surface area (Å²) in [6, 6.07) is 8.17. The minimum Gasteiger partial charge on any atom is -0.489 e. The summed E-state index contributed by atoms with van der Waals surface area (Å²) in [4.78, 5) is 44.5. The molecule has 1 aromatic heterocycles. The van der Waals surface area contributed by atoms with Crippen molar-refractivity contribution in [2.75, 3.05) is 32.0 Å². The number of hydrogen-bond acceptors (Lipinski definition) is 8. The van der Waals surface area contributed by atoms with Gasteiger partial charge in [0.1, 0.15) is 31.8 Å². The van der Waals surface area contributed by atoms with Gasteiger partial charge in [-0.3, -0.25) is 29.2 Å². The number of fused-ring (bicyclic) bond motifs is 1. The van der Waals surface area contributed by atoms with E-state index in [-0.39, 0.29) is 42.2 Å². The SMILES string of the molecule is BC1(n2c(C)nc3cc(OCc4ccc(CN5CCOCC5)cc4F)cc(N)c3c2=O)CCC(=O)NC1=O. The Kier molecular flexibility index (Phi) is 6.93. The highest BCUT2D eigenvalue weighted by molar-refractivity contribution is 6.28. The van der Waals surface area contributed by atoms with E-state index in [1.807, 2.05) is 6.07 Å². The topological polar surface area (TPSA) is 129 Å². The molecule has 0 aliphatic carbocycles. The van der Waals surface area contributed by atoms with Crippen molar-refractivity contribution in [1.82, 2.24) is 19.8 Å². The van der Waals surface area contributed by atoms with Crippen LogP contribution in [0, 0.1) is 12.7 Å². The molecule has 0 saturated carbocycles. The number of anilines is 1. The molecule has 5 rings (SSSR count). The number of benzene rings is 2. The summed E-state index contributed by atoms with van der Waals surface area (Å²) >= 11 is 0. The van der Waals surface area contributed by atoms with Gasteiger partial charge < -0.3 is 15.2 Å². The Morgan fingerprint density at radius 3 is 2.68 bits per heavy atom. The average Bonchev–Trinajstić information content (AvgIpc) is 2.86. The number of halogens is 1. The molecular formula is C26H29BFN5O5. The first-order valence-electron chi connectivity index (χ1n) is 12.5. The van der Waals surface area contributed by atoms with E-state index >= 15 is 0 Å². The molecule has 2 amide bonds. The Balaban J connectivity index is 1.37. The van der Waals surface area contributed by atoms with E-state index in [1.54, 1.807) is 26.9 Å². The first-order chi connectivity index (χ1) is 18.2. The zero-order chi connectivity index (χ0) is 27.0. The maximum Gasteiger partial charge on any atom is 0.263 e. The first-order valence-corrected chi connectivity index (χ1v) is 12.5. The number of nitrogens with zero attached hydrogens (tertiary/aromatic N) is 3. The van der Waals surface area contributed by atoms with E-state index in [4.69, 9.17) is 15.2 Å². The van der Waals surface area contributed by atoms with Crippen LogP contribution in [0.15, 0.2) is 35.1 Å². The third-order valence-corrected chi connectivity index (χ3v) is 7.24. The zero-order valence-electron chi connectivity index (χ0n) is 21.4. The van der Waals surface area contributed by atoms with E-state index in [0.717, 1.165) is 18.7 Å². The fourth-order valence-electron chi connectivity index (χ4n) is 5.08. The lowest BCUT2D eigenvalue weighted by atomic mass is 9.71. The van der Waals surface area contributed by atoms with E-state index in [9.17, 15) is 18.8 Å². The molecule has 2 aliphatic heterocycles. The minimum atomic E-state index is -1.27. The van der Waals surface area contributed by atoms with Gasteiger partial charge >= 0.3 is 0 Å². The Hall–Kier alpha value is -3.77. The second-order valence-electron chi connectivity index (χ2n) is 9.96. The lowest BCUT2D eigenvalue weighted by Gasteiger charge is -2.35.